The molecule has 0 aromatic heterocycles. The topological polar surface area (TPSA) is 36.9 Å². The van der Waals surface area contributed by atoms with Gasteiger partial charge >= 0.3 is 0 Å². The zero-order chi connectivity index (χ0) is 11.0. The Hall–Kier alpha value is -0.600. The first-order valence-corrected chi connectivity index (χ1v) is 4.62. The highest BCUT2D eigenvalue weighted by Crippen LogP contribution is 2.01. The second kappa shape index (κ2) is 7.77. The van der Waals surface area contributed by atoms with Gasteiger partial charge in [-0.25, -0.2) is 9.78 Å². The monoisotopic (exact) mass is 202 g/mol. The number of hydrogen-bond acceptors (Lipinski definition) is 4. The number of hydrogen-bond donors (Lipinski definition) is 0. The van der Waals surface area contributed by atoms with Gasteiger partial charge in [0.2, 0.25) is 0 Å². The van der Waals surface area contributed by atoms with Gasteiger partial charge in [-0.2, -0.15) is 9.78 Å². The molecule has 0 spiro atoms. The quantitative estimate of drug-likeness (QED) is 0.286. The van der Waals surface area contributed by atoms with E-state index in [0.29, 0.717) is 0 Å². The minimum atomic E-state index is -0.801. The van der Waals surface area contributed by atoms with Crippen LogP contribution in [0.25, 0.3) is 0 Å². The van der Waals surface area contributed by atoms with Crippen molar-refractivity contribution in [2.45, 2.75) is 53.1 Å². The fourth-order valence-corrected chi connectivity index (χ4v) is 0.505. The first kappa shape index (κ1) is 13.4. The van der Waals surface area contributed by atoms with Crippen molar-refractivity contribution in [3.05, 3.63) is 0 Å². The average Bonchev–Trinajstić information content (AvgIpc) is 2.09. The van der Waals surface area contributed by atoms with Crippen LogP contribution in [0, 0.1) is 11.8 Å². The average molecular weight is 202 g/mol. The first-order valence-electron chi connectivity index (χ1n) is 4.62. The summed E-state index contributed by atoms with van der Waals surface area (Å²) in [6.07, 6.45) is -0.887. The summed E-state index contributed by atoms with van der Waals surface area (Å²) in [4.78, 5) is 19.5. The third-order valence-electron chi connectivity index (χ3n) is 0.933. The summed E-state index contributed by atoms with van der Waals surface area (Å²) < 4.78 is 0. The maximum atomic E-state index is 4.88. The van der Waals surface area contributed by atoms with Crippen molar-refractivity contribution in [3.63, 3.8) is 0 Å². The molecule has 0 unspecified atom stereocenters. The van der Waals surface area contributed by atoms with Crippen molar-refractivity contribution in [1.29, 1.82) is 0 Å². The minimum absolute atomic E-state index is 0.0428. The fraction of sp³-hybridized carbons (Fsp3) is 0.800. The van der Waals surface area contributed by atoms with Gasteiger partial charge in [0.15, 0.2) is 0 Å². The molecule has 0 radical (unpaired) electrons. The van der Waals surface area contributed by atoms with Crippen molar-refractivity contribution in [2.24, 2.45) is 0 Å². The van der Waals surface area contributed by atoms with Crippen LogP contribution in [-0.2, 0) is 19.6 Å². The predicted octanol–water partition coefficient (Wildman–Crippen LogP) is 2.05. The van der Waals surface area contributed by atoms with Crippen LogP contribution < -0.4 is 0 Å². The number of rotatable bonds is 6. The second-order valence-corrected chi connectivity index (χ2v) is 3.21. The van der Waals surface area contributed by atoms with Crippen LogP contribution >= 0.6 is 0 Å². The molecule has 82 valence electrons. The lowest BCUT2D eigenvalue weighted by Gasteiger charge is -2.14. The van der Waals surface area contributed by atoms with E-state index in [1.807, 2.05) is 27.7 Å². The van der Waals surface area contributed by atoms with Crippen LogP contribution in [0.2, 0.25) is 0 Å². The summed E-state index contributed by atoms with van der Waals surface area (Å²) in [5, 5.41) is 0. The van der Waals surface area contributed by atoms with Crippen molar-refractivity contribution < 1.29 is 19.6 Å². The molecule has 0 rings (SSSR count). The Balaban J connectivity index is 3.82. The fourth-order valence-electron chi connectivity index (χ4n) is 0.505. The van der Waals surface area contributed by atoms with Gasteiger partial charge in [-0.3, -0.25) is 0 Å². The molecule has 0 fully saturated rings. The normalized spacial score (nSPS) is 10.9. The van der Waals surface area contributed by atoms with Gasteiger partial charge in [0.25, 0.3) is 6.29 Å². The van der Waals surface area contributed by atoms with Crippen molar-refractivity contribution in [2.75, 3.05) is 0 Å². The summed E-state index contributed by atoms with van der Waals surface area (Å²) in [5.41, 5.74) is 0. The molecule has 0 saturated heterocycles. The van der Waals surface area contributed by atoms with Gasteiger partial charge in [0.05, 0.1) is 12.2 Å². The SMILES string of the molecule is CC#CC(OOC(C)C)OOC(C)C. The first-order chi connectivity index (χ1) is 6.56. The Morgan fingerprint density at radius 2 is 1.21 bits per heavy atom. The molecule has 0 aromatic carbocycles. The molecular formula is C10H18O4. The van der Waals surface area contributed by atoms with Crippen molar-refractivity contribution in [3.8, 4) is 11.8 Å². The molecule has 14 heavy (non-hydrogen) atoms. The molecule has 0 bridgehead atoms. The minimum Gasteiger partial charge on any atom is -0.230 e. The lowest BCUT2D eigenvalue weighted by Crippen LogP contribution is -2.20. The second-order valence-electron chi connectivity index (χ2n) is 3.21. The van der Waals surface area contributed by atoms with Gasteiger partial charge in [-0.05, 0) is 40.5 Å². The Kier molecular flexibility index (Phi) is 7.44. The van der Waals surface area contributed by atoms with Gasteiger partial charge in [-0.1, -0.05) is 0 Å². The lowest BCUT2D eigenvalue weighted by atomic mass is 10.5. The van der Waals surface area contributed by atoms with Crippen LogP contribution in [0.15, 0.2) is 0 Å². The lowest BCUT2D eigenvalue weighted by molar-refractivity contribution is -0.460. The van der Waals surface area contributed by atoms with E-state index in [1.54, 1.807) is 6.92 Å². The van der Waals surface area contributed by atoms with E-state index in [1.165, 1.54) is 0 Å². The van der Waals surface area contributed by atoms with Crippen LogP contribution in [0.1, 0.15) is 34.6 Å². The zero-order valence-electron chi connectivity index (χ0n) is 9.37. The Bertz CT molecular complexity index is 178. The van der Waals surface area contributed by atoms with Gasteiger partial charge < -0.3 is 0 Å². The molecule has 0 aromatic rings. The zero-order valence-corrected chi connectivity index (χ0v) is 9.37. The third-order valence-corrected chi connectivity index (χ3v) is 0.933. The summed E-state index contributed by atoms with van der Waals surface area (Å²) in [6.45, 7) is 9.07. The van der Waals surface area contributed by atoms with E-state index in [2.05, 4.69) is 11.8 Å². The van der Waals surface area contributed by atoms with E-state index in [9.17, 15) is 0 Å². The summed E-state index contributed by atoms with van der Waals surface area (Å²) in [5.74, 6) is 5.30. The highest BCUT2D eigenvalue weighted by atomic mass is 17.3. The van der Waals surface area contributed by atoms with E-state index in [4.69, 9.17) is 19.6 Å². The predicted molar refractivity (Wildman–Crippen MR) is 51.9 cm³/mol. The molecule has 0 saturated carbocycles. The van der Waals surface area contributed by atoms with Crippen molar-refractivity contribution in [1.82, 2.24) is 0 Å². The summed E-state index contributed by atoms with van der Waals surface area (Å²) in [7, 11) is 0. The van der Waals surface area contributed by atoms with E-state index < -0.39 is 6.29 Å². The highest BCUT2D eigenvalue weighted by Gasteiger charge is 2.10. The summed E-state index contributed by atoms with van der Waals surface area (Å²) in [6, 6.07) is 0. The van der Waals surface area contributed by atoms with Crippen molar-refractivity contribution >= 4 is 0 Å². The third kappa shape index (κ3) is 8.02. The van der Waals surface area contributed by atoms with E-state index >= 15 is 0 Å². The van der Waals surface area contributed by atoms with Gasteiger partial charge in [0, 0.05) is 0 Å². The molecule has 0 N–H and O–H groups in total. The van der Waals surface area contributed by atoms with Crippen LogP contribution in [-0.4, -0.2) is 18.5 Å². The molecule has 0 aliphatic rings. The maximum absolute atomic E-state index is 4.88. The van der Waals surface area contributed by atoms with E-state index in [0.717, 1.165) is 0 Å². The molecule has 4 nitrogen and oxygen atoms in total. The van der Waals surface area contributed by atoms with Crippen LogP contribution in [0.4, 0.5) is 0 Å². The van der Waals surface area contributed by atoms with Gasteiger partial charge in [0.1, 0.15) is 0 Å². The Morgan fingerprint density at radius 1 is 0.786 bits per heavy atom. The largest absolute Gasteiger partial charge is 0.284 e. The van der Waals surface area contributed by atoms with E-state index in [-0.39, 0.29) is 12.2 Å². The smallest absolute Gasteiger partial charge is 0.230 e. The standard InChI is InChI=1S/C10H18O4/c1-6-7-10(13-11-8(2)3)14-12-9(4)5/h8-10H,1-5H3. The Morgan fingerprint density at radius 3 is 1.50 bits per heavy atom. The van der Waals surface area contributed by atoms with Crippen LogP contribution in [0.5, 0.6) is 0 Å². The molecule has 0 aliphatic heterocycles. The molecular weight excluding hydrogens is 184 g/mol. The molecule has 0 heterocycles. The van der Waals surface area contributed by atoms with Gasteiger partial charge in [-0.15, -0.1) is 5.92 Å². The maximum Gasteiger partial charge on any atom is 0.284 e. The molecule has 4 heteroatoms. The summed E-state index contributed by atoms with van der Waals surface area (Å²) >= 11 is 0. The molecule has 0 aliphatic carbocycles. The molecule has 0 amide bonds. The Labute approximate surface area is 85.3 Å². The van der Waals surface area contributed by atoms with Crippen LogP contribution in [0.3, 0.4) is 0 Å². The highest BCUT2D eigenvalue weighted by molar-refractivity contribution is 4.98. The molecule has 0 atom stereocenters.